The van der Waals surface area contributed by atoms with Crippen molar-refractivity contribution in [2.24, 2.45) is 11.5 Å². The number of ether oxygens (including phenoxy) is 1. The van der Waals surface area contributed by atoms with Crippen molar-refractivity contribution in [1.82, 2.24) is 4.98 Å². The van der Waals surface area contributed by atoms with Gasteiger partial charge in [-0.2, -0.15) is 0 Å². The van der Waals surface area contributed by atoms with E-state index in [1.165, 1.54) is 13.3 Å². The molecule has 1 heterocycles. The summed E-state index contributed by atoms with van der Waals surface area (Å²) in [6.45, 7) is 0.346. The average Bonchev–Trinajstić information content (AvgIpc) is 2.27. The van der Waals surface area contributed by atoms with Gasteiger partial charge in [-0.25, -0.2) is 9.78 Å². The first-order valence-corrected chi connectivity index (χ1v) is 4.19. The first kappa shape index (κ1) is 10.6. The highest BCUT2D eigenvalue weighted by atomic mass is 16.5. The van der Waals surface area contributed by atoms with E-state index in [0.29, 0.717) is 6.54 Å². The Bertz CT molecular complexity index is 310. The van der Waals surface area contributed by atoms with Crippen LogP contribution in [0.15, 0.2) is 18.3 Å². The van der Waals surface area contributed by atoms with E-state index in [2.05, 4.69) is 9.72 Å². The monoisotopic (exact) mass is 195 g/mol. The molecule has 0 saturated heterocycles. The molecular formula is C9H13N3O2. The minimum atomic E-state index is -0.460. The second-order valence-corrected chi connectivity index (χ2v) is 2.81. The Balaban J connectivity index is 2.83. The molecule has 76 valence electrons. The lowest BCUT2D eigenvalue weighted by molar-refractivity contribution is 0.0594. The van der Waals surface area contributed by atoms with Crippen molar-refractivity contribution in [2.75, 3.05) is 13.7 Å². The number of hydrogen-bond acceptors (Lipinski definition) is 5. The standard InChI is InChI=1S/C9H13N3O2/c1-14-9(13)8-3-2-6(5-12-8)7(11)4-10/h2-3,5,7H,4,10-11H2,1H3. The van der Waals surface area contributed by atoms with Crippen molar-refractivity contribution in [1.29, 1.82) is 0 Å². The number of carbonyl (C=O) groups excluding carboxylic acids is 1. The lowest BCUT2D eigenvalue weighted by Crippen LogP contribution is -2.21. The van der Waals surface area contributed by atoms with Crippen molar-refractivity contribution >= 4 is 5.97 Å². The molecule has 0 aliphatic rings. The number of carbonyl (C=O) groups is 1. The highest BCUT2D eigenvalue weighted by molar-refractivity contribution is 5.86. The van der Waals surface area contributed by atoms with Crippen LogP contribution in [0.3, 0.4) is 0 Å². The second kappa shape index (κ2) is 4.69. The molecule has 0 radical (unpaired) electrons. The van der Waals surface area contributed by atoms with Gasteiger partial charge in [-0.1, -0.05) is 6.07 Å². The highest BCUT2D eigenvalue weighted by Crippen LogP contribution is 2.08. The van der Waals surface area contributed by atoms with Crippen molar-refractivity contribution in [2.45, 2.75) is 6.04 Å². The smallest absolute Gasteiger partial charge is 0.356 e. The van der Waals surface area contributed by atoms with Crippen LogP contribution in [-0.2, 0) is 4.74 Å². The summed E-state index contributed by atoms with van der Waals surface area (Å²) < 4.78 is 4.51. The van der Waals surface area contributed by atoms with E-state index in [1.54, 1.807) is 12.1 Å². The van der Waals surface area contributed by atoms with Crippen molar-refractivity contribution < 1.29 is 9.53 Å². The molecule has 0 saturated carbocycles. The van der Waals surface area contributed by atoms with Crippen molar-refractivity contribution in [3.05, 3.63) is 29.6 Å². The molecule has 0 aromatic carbocycles. The Morgan fingerprint density at radius 2 is 2.36 bits per heavy atom. The van der Waals surface area contributed by atoms with Gasteiger partial charge in [0.15, 0.2) is 0 Å². The van der Waals surface area contributed by atoms with E-state index in [-0.39, 0.29) is 11.7 Å². The van der Waals surface area contributed by atoms with Crippen LogP contribution in [0.4, 0.5) is 0 Å². The number of esters is 1. The molecule has 0 fully saturated rings. The van der Waals surface area contributed by atoms with E-state index in [9.17, 15) is 4.79 Å². The molecule has 5 heteroatoms. The van der Waals surface area contributed by atoms with Gasteiger partial charge >= 0.3 is 5.97 Å². The lowest BCUT2D eigenvalue weighted by atomic mass is 10.1. The molecule has 5 nitrogen and oxygen atoms in total. The largest absolute Gasteiger partial charge is 0.464 e. The summed E-state index contributed by atoms with van der Waals surface area (Å²) >= 11 is 0. The van der Waals surface area contributed by atoms with E-state index < -0.39 is 5.97 Å². The molecule has 0 bridgehead atoms. The molecule has 14 heavy (non-hydrogen) atoms. The number of methoxy groups -OCH3 is 1. The predicted octanol–water partition coefficient (Wildman–Crippen LogP) is -0.173. The molecule has 1 aromatic heterocycles. The van der Waals surface area contributed by atoms with Crippen molar-refractivity contribution in [3.63, 3.8) is 0 Å². The van der Waals surface area contributed by atoms with Crippen molar-refractivity contribution in [3.8, 4) is 0 Å². The SMILES string of the molecule is COC(=O)c1ccc(C(N)CN)cn1. The first-order chi connectivity index (χ1) is 6.69. The van der Waals surface area contributed by atoms with Gasteiger partial charge in [0.2, 0.25) is 0 Å². The maximum atomic E-state index is 11.0. The quantitative estimate of drug-likeness (QED) is 0.653. The zero-order valence-electron chi connectivity index (χ0n) is 7.93. The molecule has 0 spiro atoms. The van der Waals surface area contributed by atoms with Crippen LogP contribution in [0.2, 0.25) is 0 Å². The summed E-state index contributed by atoms with van der Waals surface area (Å²) in [4.78, 5) is 14.9. The predicted molar refractivity (Wildman–Crippen MR) is 51.6 cm³/mol. The lowest BCUT2D eigenvalue weighted by Gasteiger charge is -2.08. The molecule has 0 amide bonds. The third-order valence-electron chi connectivity index (χ3n) is 1.86. The Kier molecular flexibility index (Phi) is 3.55. The number of rotatable bonds is 3. The fraction of sp³-hybridized carbons (Fsp3) is 0.333. The molecule has 1 unspecified atom stereocenters. The summed E-state index contributed by atoms with van der Waals surface area (Å²) in [5, 5.41) is 0. The molecule has 1 aromatic rings. The fourth-order valence-electron chi connectivity index (χ4n) is 0.986. The van der Waals surface area contributed by atoms with Crippen LogP contribution in [0, 0.1) is 0 Å². The number of aromatic nitrogens is 1. The van der Waals surface area contributed by atoms with Gasteiger partial charge in [0.25, 0.3) is 0 Å². The summed E-state index contributed by atoms with van der Waals surface area (Å²) in [5.74, 6) is -0.460. The minimum Gasteiger partial charge on any atom is -0.464 e. The van der Waals surface area contributed by atoms with Crippen LogP contribution in [-0.4, -0.2) is 24.6 Å². The van der Waals surface area contributed by atoms with Crippen LogP contribution < -0.4 is 11.5 Å². The first-order valence-electron chi connectivity index (χ1n) is 4.19. The summed E-state index contributed by atoms with van der Waals surface area (Å²) in [7, 11) is 1.31. The fourth-order valence-corrected chi connectivity index (χ4v) is 0.986. The van der Waals surface area contributed by atoms with Crippen LogP contribution in [0.5, 0.6) is 0 Å². The molecule has 1 rings (SSSR count). The molecule has 4 N–H and O–H groups in total. The molecule has 0 aliphatic carbocycles. The van der Waals surface area contributed by atoms with E-state index >= 15 is 0 Å². The Morgan fingerprint density at radius 3 is 2.79 bits per heavy atom. The van der Waals surface area contributed by atoms with E-state index in [1.807, 2.05) is 0 Å². The van der Waals surface area contributed by atoms with Gasteiger partial charge in [0.05, 0.1) is 7.11 Å². The van der Waals surface area contributed by atoms with E-state index in [0.717, 1.165) is 5.56 Å². The normalized spacial score (nSPS) is 12.2. The third-order valence-corrected chi connectivity index (χ3v) is 1.86. The number of nitrogens with two attached hydrogens (primary N) is 2. The molecule has 0 aliphatic heterocycles. The maximum Gasteiger partial charge on any atom is 0.356 e. The minimum absolute atomic E-state index is 0.241. The number of nitrogens with zero attached hydrogens (tertiary/aromatic N) is 1. The van der Waals surface area contributed by atoms with Crippen LogP contribution in [0.1, 0.15) is 22.1 Å². The number of pyridine rings is 1. The summed E-state index contributed by atoms with van der Waals surface area (Å²) in [6.07, 6.45) is 1.53. The summed E-state index contributed by atoms with van der Waals surface area (Å²) in [5.41, 5.74) is 12.1. The van der Waals surface area contributed by atoms with Gasteiger partial charge in [0.1, 0.15) is 5.69 Å². The zero-order valence-corrected chi connectivity index (χ0v) is 7.93. The van der Waals surface area contributed by atoms with Crippen LogP contribution >= 0.6 is 0 Å². The van der Waals surface area contributed by atoms with Gasteiger partial charge in [0, 0.05) is 18.8 Å². The Hall–Kier alpha value is -1.46. The summed E-state index contributed by atoms with van der Waals surface area (Å²) in [6, 6.07) is 3.04. The Morgan fingerprint density at radius 1 is 1.64 bits per heavy atom. The third kappa shape index (κ3) is 2.27. The molecular weight excluding hydrogens is 182 g/mol. The highest BCUT2D eigenvalue weighted by Gasteiger charge is 2.08. The zero-order chi connectivity index (χ0) is 10.6. The molecule has 1 atom stereocenters. The van der Waals surface area contributed by atoms with Gasteiger partial charge in [-0.3, -0.25) is 0 Å². The average molecular weight is 195 g/mol. The second-order valence-electron chi connectivity index (χ2n) is 2.81. The van der Waals surface area contributed by atoms with E-state index in [4.69, 9.17) is 11.5 Å². The number of hydrogen-bond donors (Lipinski definition) is 2. The van der Waals surface area contributed by atoms with Crippen LogP contribution in [0.25, 0.3) is 0 Å². The topological polar surface area (TPSA) is 91.2 Å². The Labute approximate surface area is 82.1 Å². The van der Waals surface area contributed by atoms with Gasteiger partial charge < -0.3 is 16.2 Å². The maximum absolute atomic E-state index is 11.0. The van der Waals surface area contributed by atoms with Gasteiger partial charge in [-0.15, -0.1) is 0 Å². The van der Waals surface area contributed by atoms with Gasteiger partial charge in [-0.05, 0) is 11.6 Å².